The van der Waals surface area contributed by atoms with Crippen LogP contribution in [0.2, 0.25) is 5.02 Å². The van der Waals surface area contributed by atoms with Crippen LogP contribution in [0.25, 0.3) is 22.5 Å². The second kappa shape index (κ2) is 8.27. The molecule has 2 aliphatic rings. The molecule has 33 heavy (non-hydrogen) atoms. The third-order valence-corrected chi connectivity index (χ3v) is 8.38. The molecule has 3 nitrogen and oxygen atoms in total. The summed E-state index contributed by atoms with van der Waals surface area (Å²) in [5.74, 6) is 1.28. The molecule has 3 unspecified atom stereocenters. The van der Waals surface area contributed by atoms with Crippen LogP contribution in [0, 0.1) is 3.57 Å². The van der Waals surface area contributed by atoms with Crippen molar-refractivity contribution in [3.63, 3.8) is 0 Å². The van der Waals surface area contributed by atoms with Gasteiger partial charge in [-0.05, 0) is 99.1 Å². The van der Waals surface area contributed by atoms with Crippen molar-refractivity contribution in [3.05, 3.63) is 103 Å². The molecular formula is C28H22ClIO3. The van der Waals surface area contributed by atoms with Gasteiger partial charge in [-0.3, -0.25) is 0 Å². The van der Waals surface area contributed by atoms with Gasteiger partial charge in [0.1, 0.15) is 11.5 Å². The van der Waals surface area contributed by atoms with Gasteiger partial charge in [0.05, 0.1) is 17.2 Å². The lowest BCUT2D eigenvalue weighted by Gasteiger charge is -2.34. The fraction of sp³-hybridized carbons (Fsp3) is 0.214. The van der Waals surface area contributed by atoms with Gasteiger partial charge in [0.15, 0.2) is 0 Å². The van der Waals surface area contributed by atoms with Crippen LogP contribution in [0.3, 0.4) is 0 Å². The molecule has 1 aromatic heterocycles. The summed E-state index contributed by atoms with van der Waals surface area (Å²) in [7, 11) is 0. The summed E-state index contributed by atoms with van der Waals surface area (Å²) >= 11 is 8.71. The molecule has 166 valence electrons. The summed E-state index contributed by atoms with van der Waals surface area (Å²) < 4.78 is 7.39. The number of hydrogen-bond acceptors (Lipinski definition) is 3. The molecule has 0 saturated heterocycles. The summed E-state index contributed by atoms with van der Waals surface area (Å²) in [4.78, 5) is 0. The van der Waals surface area contributed by atoms with Gasteiger partial charge < -0.3 is 14.6 Å². The van der Waals surface area contributed by atoms with Crippen molar-refractivity contribution in [1.29, 1.82) is 0 Å². The maximum Gasteiger partial charge on any atom is 0.135 e. The van der Waals surface area contributed by atoms with Gasteiger partial charge in [-0.15, -0.1) is 0 Å². The van der Waals surface area contributed by atoms with Gasteiger partial charge in [-0.1, -0.05) is 48.0 Å². The highest BCUT2D eigenvalue weighted by atomic mass is 127. The number of aliphatic hydroxyl groups excluding tert-OH is 2. The summed E-state index contributed by atoms with van der Waals surface area (Å²) in [5, 5.41) is 22.8. The first-order valence-electron chi connectivity index (χ1n) is 11.1. The highest BCUT2D eigenvalue weighted by Crippen LogP contribution is 2.46. The van der Waals surface area contributed by atoms with E-state index >= 15 is 0 Å². The van der Waals surface area contributed by atoms with E-state index < -0.39 is 12.2 Å². The summed E-state index contributed by atoms with van der Waals surface area (Å²) in [6, 6.07) is 22.0. The SMILES string of the molecule is OC1Cc2c(I)cccc2-c2ccc3c(c21)CC(c1ccc(-c2ccccc2Cl)o1)C(O)C3. The first-order chi connectivity index (χ1) is 16.0. The van der Waals surface area contributed by atoms with Crippen molar-refractivity contribution < 1.29 is 14.6 Å². The predicted molar refractivity (Wildman–Crippen MR) is 139 cm³/mol. The van der Waals surface area contributed by atoms with E-state index in [2.05, 4.69) is 52.9 Å². The molecule has 4 aromatic rings. The van der Waals surface area contributed by atoms with Gasteiger partial charge >= 0.3 is 0 Å². The number of furan rings is 1. The van der Waals surface area contributed by atoms with Crippen LogP contribution in [-0.4, -0.2) is 16.3 Å². The molecular weight excluding hydrogens is 547 g/mol. The van der Waals surface area contributed by atoms with Crippen molar-refractivity contribution in [2.24, 2.45) is 0 Å². The average Bonchev–Trinajstić information content (AvgIpc) is 3.29. The smallest absolute Gasteiger partial charge is 0.135 e. The van der Waals surface area contributed by atoms with Crippen molar-refractivity contribution in [2.75, 3.05) is 0 Å². The molecule has 6 rings (SSSR count). The molecule has 0 spiro atoms. The number of halogens is 2. The fourth-order valence-corrected chi connectivity index (χ4v) is 6.39. The van der Waals surface area contributed by atoms with E-state index in [0.29, 0.717) is 30.0 Å². The molecule has 0 bridgehead atoms. The van der Waals surface area contributed by atoms with Gasteiger partial charge in [0, 0.05) is 21.5 Å². The monoisotopic (exact) mass is 568 g/mol. The molecule has 0 amide bonds. The lowest BCUT2D eigenvalue weighted by molar-refractivity contribution is 0.123. The Balaban J connectivity index is 1.41. The summed E-state index contributed by atoms with van der Waals surface area (Å²) in [6.07, 6.45) is 0.689. The molecule has 0 saturated carbocycles. The number of hydrogen-bond donors (Lipinski definition) is 2. The standard InChI is InChI=1S/C28H22ClIO3/c29-22-6-2-1-4-18(22)26-10-11-27(33-26)21-13-19-15(12-24(21)31)8-9-17-16-5-3-7-23(30)20(16)14-25(32)28(17)19/h1-11,21,24-25,31-32H,12-14H2. The van der Waals surface area contributed by atoms with Crippen molar-refractivity contribution in [1.82, 2.24) is 0 Å². The van der Waals surface area contributed by atoms with E-state index in [1.165, 1.54) is 14.7 Å². The van der Waals surface area contributed by atoms with Crippen molar-refractivity contribution in [2.45, 2.75) is 37.4 Å². The van der Waals surface area contributed by atoms with Crippen molar-refractivity contribution >= 4 is 34.2 Å². The average molecular weight is 569 g/mol. The van der Waals surface area contributed by atoms with E-state index in [0.717, 1.165) is 33.6 Å². The predicted octanol–water partition coefficient (Wildman–Crippen LogP) is 6.70. The molecule has 3 aromatic carbocycles. The lowest BCUT2D eigenvalue weighted by atomic mass is 9.73. The van der Waals surface area contributed by atoms with Gasteiger partial charge in [-0.25, -0.2) is 0 Å². The minimum atomic E-state index is -0.551. The van der Waals surface area contributed by atoms with E-state index in [-0.39, 0.29) is 5.92 Å². The lowest BCUT2D eigenvalue weighted by Crippen LogP contribution is -2.30. The maximum atomic E-state index is 11.2. The summed E-state index contributed by atoms with van der Waals surface area (Å²) in [5.41, 5.74) is 7.63. The number of benzene rings is 3. The van der Waals surface area contributed by atoms with Crippen LogP contribution in [0.1, 0.15) is 40.0 Å². The Hall–Kier alpha value is -2.12. The fourth-order valence-electron chi connectivity index (χ4n) is 5.44. The molecule has 5 heteroatoms. The second-order valence-corrected chi connectivity index (χ2v) is 10.5. The van der Waals surface area contributed by atoms with Crippen LogP contribution in [0.5, 0.6) is 0 Å². The third kappa shape index (κ3) is 3.55. The molecule has 3 atom stereocenters. The number of rotatable bonds is 2. The third-order valence-electron chi connectivity index (χ3n) is 7.04. The Morgan fingerprint density at radius 2 is 1.61 bits per heavy atom. The Bertz CT molecular complexity index is 1380. The van der Waals surface area contributed by atoms with Gasteiger partial charge in [0.2, 0.25) is 0 Å². The number of aliphatic hydroxyl groups is 2. The Kier molecular flexibility index (Phi) is 5.37. The first-order valence-corrected chi connectivity index (χ1v) is 12.6. The van der Waals surface area contributed by atoms with Gasteiger partial charge in [0.25, 0.3) is 0 Å². The molecule has 1 heterocycles. The first kappa shape index (κ1) is 21.4. The molecule has 0 radical (unpaired) electrons. The highest BCUT2D eigenvalue weighted by Gasteiger charge is 2.36. The molecule has 2 aliphatic carbocycles. The van der Waals surface area contributed by atoms with Gasteiger partial charge in [-0.2, -0.15) is 0 Å². The maximum absolute atomic E-state index is 11.2. The van der Waals surface area contributed by atoms with E-state index in [1.54, 1.807) is 0 Å². The highest BCUT2D eigenvalue weighted by molar-refractivity contribution is 14.1. The largest absolute Gasteiger partial charge is 0.461 e. The van der Waals surface area contributed by atoms with Crippen LogP contribution < -0.4 is 0 Å². The van der Waals surface area contributed by atoms with Crippen LogP contribution in [0.15, 0.2) is 71.1 Å². The van der Waals surface area contributed by atoms with E-state index in [1.807, 2.05) is 36.4 Å². The zero-order valence-corrected chi connectivity index (χ0v) is 20.7. The minimum Gasteiger partial charge on any atom is -0.461 e. The zero-order chi connectivity index (χ0) is 22.7. The van der Waals surface area contributed by atoms with Crippen molar-refractivity contribution in [3.8, 4) is 22.5 Å². The Labute approximate surface area is 211 Å². The Morgan fingerprint density at radius 1 is 0.788 bits per heavy atom. The molecule has 2 N–H and O–H groups in total. The number of fused-ring (bicyclic) bond motifs is 5. The quantitative estimate of drug-likeness (QED) is 0.265. The Morgan fingerprint density at radius 3 is 2.45 bits per heavy atom. The summed E-state index contributed by atoms with van der Waals surface area (Å²) in [6.45, 7) is 0. The van der Waals surface area contributed by atoms with Crippen LogP contribution in [0.4, 0.5) is 0 Å². The van der Waals surface area contributed by atoms with E-state index in [4.69, 9.17) is 16.0 Å². The normalized spacial score (nSPS) is 21.3. The minimum absolute atomic E-state index is 0.176. The van der Waals surface area contributed by atoms with E-state index in [9.17, 15) is 10.2 Å². The zero-order valence-electron chi connectivity index (χ0n) is 17.8. The topological polar surface area (TPSA) is 53.6 Å². The molecule has 0 aliphatic heterocycles. The van der Waals surface area contributed by atoms with Crippen LogP contribution in [-0.2, 0) is 19.3 Å². The molecule has 0 fully saturated rings. The second-order valence-electron chi connectivity index (χ2n) is 8.91. The van der Waals surface area contributed by atoms with Crippen LogP contribution >= 0.6 is 34.2 Å².